The fraction of sp³-hybridized carbons (Fsp3) is 0.526. The lowest BCUT2D eigenvalue weighted by atomic mass is 9.82. The molecule has 142 valence electrons. The zero-order valence-electron chi connectivity index (χ0n) is 15.1. The van der Waals surface area contributed by atoms with E-state index >= 15 is 0 Å². The predicted molar refractivity (Wildman–Crippen MR) is 95.6 cm³/mol. The first-order valence-electron chi connectivity index (χ1n) is 8.86. The highest BCUT2D eigenvalue weighted by Crippen LogP contribution is 2.32. The maximum atomic E-state index is 12.3. The van der Waals surface area contributed by atoms with Crippen LogP contribution in [0.4, 0.5) is 4.79 Å². The molecular weight excluding hydrogens is 336 g/mol. The summed E-state index contributed by atoms with van der Waals surface area (Å²) >= 11 is 0. The van der Waals surface area contributed by atoms with Gasteiger partial charge >= 0.3 is 6.09 Å². The van der Waals surface area contributed by atoms with E-state index in [-0.39, 0.29) is 19.6 Å². The number of hydrogen-bond acceptors (Lipinski definition) is 6. The molecule has 1 aromatic carbocycles. The molecule has 1 heterocycles. The Morgan fingerprint density at radius 2 is 2.15 bits per heavy atom. The van der Waals surface area contributed by atoms with Crippen molar-refractivity contribution in [1.82, 2.24) is 10.4 Å². The van der Waals surface area contributed by atoms with Gasteiger partial charge < -0.3 is 15.2 Å². The van der Waals surface area contributed by atoms with E-state index in [2.05, 4.69) is 5.32 Å². The van der Waals surface area contributed by atoms with E-state index in [1.807, 2.05) is 43.2 Å². The van der Waals surface area contributed by atoms with E-state index in [9.17, 15) is 14.7 Å². The lowest BCUT2D eigenvalue weighted by molar-refractivity contribution is -0.143. The fourth-order valence-corrected chi connectivity index (χ4v) is 3.11. The Hall–Kier alpha value is -2.34. The number of aliphatic hydroxyl groups excluding tert-OH is 1. The van der Waals surface area contributed by atoms with E-state index in [4.69, 9.17) is 9.57 Å². The van der Waals surface area contributed by atoms with Gasteiger partial charge in [0.05, 0.1) is 12.1 Å². The van der Waals surface area contributed by atoms with Crippen LogP contribution in [0.1, 0.15) is 38.2 Å². The van der Waals surface area contributed by atoms with Crippen LogP contribution in [0.2, 0.25) is 0 Å². The highest BCUT2D eigenvalue weighted by molar-refractivity contribution is 5.68. The minimum atomic E-state index is -0.656. The van der Waals surface area contributed by atoms with Gasteiger partial charge in [0.15, 0.2) is 0 Å². The number of piperidine rings is 1. The van der Waals surface area contributed by atoms with E-state index in [1.54, 1.807) is 0 Å². The number of nitrogens with one attached hydrogen (secondary N) is 1. The van der Waals surface area contributed by atoms with Crippen LogP contribution in [-0.2, 0) is 21.0 Å². The molecule has 1 aromatic rings. The number of carbonyl (C=O) groups excluding carboxylic acids is 2. The highest BCUT2D eigenvalue weighted by atomic mass is 16.7. The first-order chi connectivity index (χ1) is 12.6. The van der Waals surface area contributed by atoms with Gasteiger partial charge in [-0.25, -0.2) is 14.7 Å². The second-order valence-electron chi connectivity index (χ2n) is 6.29. The molecule has 0 saturated carbocycles. The number of carbonyl (C=O) groups is 1. The quantitative estimate of drug-likeness (QED) is 0.689. The van der Waals surface area contributed by atoms with E-state index < -0.39 is 11.6 Å². The van der Waals surface area contributed by atoms with Crippen LogP contribution < -0.4 is 5.32 Å². The third-order valence-electron chi connectivity index (χ3n) is 4.40. The standard InChI is InChI=1S/C19H26N2O5/c1-2-26-21-11-10-19(9-6-12-22,13-17(21)14-23)20-18(24)25-15-16-7-4-3-5-8-16/h3-5,7-8,22H,2,6,9-13,15H2,1H3,(H,20,24). The van der Waals surface area contributed by atoms with Crippen LogP contribution in [-0.4, -0.2) is 47.5 Å². The van der Waals surface area contributed by atoms with E-state index in [1.165, 1.54) is 5.06 Å². The lowest BCUT2D eigenvalue weighted by Crippen LogP contribution is -2.54. The van der Waals surface area contributed by atoms with Gasteiger partial charge in [-0.2, -0.15) is 0 Å². The molecule has 0 aliphatic carbocycles. The fourth-order valence-electron chi connectivity index (χ4n) is 3.11. The second-order valence-corrected chi connectivity index (χ2v) is 6.29. The number of rotatable bonds is 8. The first kappa shape index (κ1) is 20.0. The summed E-state index contributed by atoms with van der Waals surface area (Å²) in [6.45, 7) is 2.93. The lowest BCUT2D eigenvalue weighted by Gasteiger charge is -2.42. The van der Waals surface area contributed by atoms with Crippen LogP contribution in [0.3, 0.4) is 0 Å². The van der Waals surface area contributed by atoms with Crippen LogP contribution in [0.25, 0.3) is 0 Å². The van der Waals surface area contributed by atoms with Gasteiger partial charge in [0.1, 0.15) is 18.2 Å². The minimum Gasteiger partial charge on any atom is -0.445 e. The minimum absolute atomic E-state index is 0.0117. The van der Waals surface area contributed by atoms with Gasteiger partial charge in [-0.3, -0.25) is 4.84 Å². The van der Waals surface area contributed by atoms with Crippen LogP contribution in [0.5, 0.6) is 0 Å². The largest absolute Gasteiger partial charge is 0.445 e. The number of amides is 1. The van der Waals surface area contributed by atoms with Gasteiger partial charge in [0.2, 0.25) is 0 Å². The summed E-state index contributed by atoms with van der Waals surface area (Å²) in [4.78, 5) is 29.1. The van der Waals surface area contributed by atoms with Crippen molar-refractivity contribution in [2.24, 2.45) is 0 Å². The molecular formula is C19H26N2O5. The summed E-state index contributed by atoms with van der Waals surface area (Å²) in [6.07, 6.45) is 1.38. The molecule has 1 unspecified atom stereocenters. The van der Waals surface area contributed by atoms with Gasteiger partial charge in [-0.15, -0.1) is 0 Å². The molecule has 2 rings (SSSR count). The zero-order valence-corrected chi connectivity index (χ0v) is 15.1. The molecule has 7 nitrogen and oxygen atoms in total. The Morgan fingerprint density at radius 1 is 1.38 bits per heavy atom. The maximum absolute atomic E-state index is 12.3. The molecule has 1 amide bonds. The van der Waals surface area contributed by atoms with Crippen molar-refractivity contribution < 1.29 is 24.3 Å². The summed E-state index contributed by atoms with van der Waals surface area (Å²) in [5.74, 6) is 1.91. The van der Waals surface area contributed by atoms with E-state index in [0.717, 1.165) is 5.56 Å². The molecule has 7 heteroatoms. The van der Waals surface area contributed by atoms with Crippen LogP contribution in [0, 0.1) is 0 Å². The van der Waals surface area contributed by atoms with Crippen molar-refractivity contribution in [3.05, 3.63) is 41.6 Å². The third-order valence-corrected chi connectivity index (χ3v) is 4.40. The number of aliphatic hydroxyl groups is 1. The number of benzene rings is 1. The zero-order chi connectivity index (χ0) is 18.8. The molecule has 1 aliphatic heterocycles. The Labute approximate surface area is 153 Å². The SMILES string of the molecule is CCON1CCC(CCCO)(NC(=O)OCc2ccccc2)CC1=C=O. The molecule has 0 aromatic heterocycles. The van der Waals surface area contributed by atoms with Crippen molar-refractivity contribution in [3.8, 4) is 0 Å². The number of hydroxylamine groups is 2. The average Bonchev–Trinajstić information content (AvgIpc) is 2.67. The van der Waals surface area contributed by atoms with Crippen LogP contribution >= 0.6 is 0 Å². The Kier molecular flexibility index (Phi) is 7.66. The van der Waals surface area contributed by atoms with Crippen molar-refractivity contribution >= 4 is 12.0 Å². The maximum Gasteiger partial charge on any atom is 0.407 e. The highest BCUT2D eigenvalue weighted by Gasteiger charge is 2.39. The monoisotopic (exact) mass is 362 g/mol. The molecule has 1 aliphatic rings. The van der Waals surface area contributed by atoms with Crippen LogP contribution in [0.15, 0.2) is 36.0 Å². The number of nitrogens with zero attached hydrogens (tertiary/aromatic N) is 1. The molecule has 1 fully saturated rings. The predicted octanol–water partition coefficient (Wildman–Crippen LogP) is 2.19. The second kappa shape index (κ2) is 9.97. The smallest absolute Gasteiger partial charge is 0.407 e. The Bertz CT molecular complexity index is 630. The number of ether oxygens (including phenoxy) is 1. The normalized spacial score (nSPS) is 19.8. The molecule has 26 heavy (non-hydrogen) atoms. The summed E-state index contributed by atoms with van der Waals surface area (Å²) in [5.41, 5.74) is 0.600. The Balaban J connectivity index is 2.01. The molecule has 1 atom stereocenters. The first-order valence-corrected chi connectivity index (χ1v) is 8.86. The topological polar surface area (TPSA) is 88.1 Å². The van der Waals surface area contributed by atoms with E-state index in [0.29, 0.717) is 38.1 Å². The van der Waals surface area contributed by atoms with Gasteiger partial charge in [0.25, 0.3) is 0 Å². The Morgan fingerprint density at radius 3 is 2.81 bits per heavy atom. The average molecular weight is 362 g/mol. The molecule has 0 radical (unpaired) electrons. The van der Waals surface area contributed by atoms with Gasteiger partial charge in [-0.1, -0.05) is 30.3 Å². The van der Waals surface area contributed by atoms with Crippen molar-refractivity contribution in [2.45, 2.75) is 44.8 Å². The van der Waals surface area contributed by atoms with Crippen molar-refractivity contribution in [3.63, 3.8) is 0 Å². The summed E-state index contributed by atoms with van der Waals surface area (Å²) in [6, 6.07) is 9.41. The van der Waals surface area contributed by atoms with Gasteiger partial charge in [0, 0.05) is 19.6 Å². The molecule has 0 spiro atoms. The van der Waals surface area contributed by atoms with Crippen molar-refractivity contribution in [2.75, 3.05) is 19.8 Å². The summed E-state index contributed by atoms with van der Waals surface area (Å²) in [5, 5.41) is 13.6. The van der Waals surface area contributed by atoms with Gasteiger partial charge in [-0.05, 0) is 31.7 Å². The molecule has 1 saturated heterocycles. The summed E-state index contributed by atoms with van der Waals surface area (Å²) < 4.78 is 5.31. The molecule has 2 N–H and O–H groups in total. The molecule has 0 bridgehead atoms. The number of alkyl carbamates (subject to hydrolysis) is 1. The number of hydrogen-bond donors (Lipinski definition) is 2. The van der Waals surface area contributed by atoms with Crippen molar-refractivity contribution in [1.29, 1.82) is 0 Å². The summed E-state index contributed by atoms with van der Waals surface area (Å²) in [7, 11) is 0. The third kappa shape index (κ3) is 5.59.